The zero-order chi connectivity index (χ0) is 12.3. The summed E-state index contributed by atoms with van der Waals surface area (Å²) in [6.45, 7) is 3.54. The summed E-state index contributed by atoms with van der Waals surface area (Å²) in [5.74, 6) is 2.28. The SMILES string of the molecule is CCC(C(C)=O)c1nc(C2CCCCS2)no1. The lowest BCUT2D eigenvalue weighted by atomic mass is 10.0. The van der Waals surface area contributed by atoms with Crippen LogP contribution >= 0.6 is 11.8 Å². The Hall–Kier alpha value is -0.840. The lowest BCUT2D eigenvalue weighted by molar-refractivity contribution is -0.119. The first-order valence-electron chi connectivity index (χ1n) is 6.18. The fraction of sp³-hybridized carbons (Fsp3) is 0.750. The Morgan fingerprint density at radius 3 is 3.00 bits per heavy atom. The fourth-order valence-corrected chi connectivity index (χ4v) is 3.33. The molecule has 0 spiro atoms. The summed E-state index contributed by atoms with van der Waals surface area (Å²) < 4.78 is 5.24. The number of nitrogens with zero attached hydrogens (tertiary/aromatic N) is 2. The van der Waals surface area contributed by atoms with E-state index < -0.39 is 0 Å². The molecular weight excluding hydrogens is 236 g/mol. The average Bonchev–Trinajstić information content (AvgIpc) is 2.80. The van der Waals surface area contributed by atoms with Crippen molar-refractivity contribution in [3.63, 3.8) is 0 Å². The highest BCUT2D eigenvalue weighted by atomic mass is 32.2. The van der Waals surface area contributed by atoms with E-state index in [1.54, 1.807) is 6.92 Å². The minimum absolute atomic E-state index is 0.0963. The number of thioether (sulfide) groups is 1. The fourth-order valence-electron chi connectivity index (χ4n) is 2.10. The molecule has 2 atom stereocenters. The summed E-state index contributed by atoms with van der Waals surface area (Å²) in [5.41, 5.74) is 0. The van der Waals surface area contributed by atoms with Gasteiger partial charge in [0.1, 0.15) is 5.78 Å². The molecule has 0 N–H and O–H groups in total. The quantitative estimate of drug-likeness (QED) is 0.826. The Kier molecular flexibility index (Phi) is 4.20. The van der Waals surface area contributed by atoms with Crippen LogP contribution in [0.1, 0.15) is 62.4 Å². The van der Waals surface area contributed by atoms with Crippen molar-refractivity contribution in [2.75, 3.05) is 5.75 Å². The van der Waals surface area contributed by atoms with Gasteiger partial charge >= 0.3 is 0 Å². The lowest BCUT2D eigenvalue weighted by Gasteiger charge is -2.17. The average molecular weight is 254 g/mol. The lowest BCUT2D eigenvalue weighted by Crippen LogP contribution is -2.09. The highest BCUT2D eigenvalue weighted by molar-refractivity contribution is 7.99. The van der Waals surface area contributed by atoms with Crippen LogP contribution in [-0.4, -0.2) is 21.7 Å². The maximum Gasteiger partial charge on any atom is 0.237 e. The first-order valence-corrected chi connectivity index (χ1v) is 7.22. The third-order valence-corrected chi connectivity index (χ3v) is 4.50. The number of carbonyl (C=O) groups excluding carboxylic acids is 1. The summed E-state index contributed by atoms with van der Waals surface area (Å²) in [7, 11) is 0. The second kappa shape index (κ2) is 5.67. The summed E-state index contributed by atoms with van der Waals surface area (Å²) in [4.78, 5) is 15.8. The van der Waals surface area contributed by atoms with Crippen LogP contribution in [0, 0.1) is 0 Å². The van der Waals surface area contributed by atoms with Gasteiger partial charge in [-0.1, -0.05) is 18.5 Å². The molecule has 0 bridgehead atoms. The van der Waals surface area contributed by atoms with Crippen molar-refractivity contribution in [2.24, 2.45) is 0 Å². The third kappa shape index (κ3) is 2.89. The van der Waals surface area contributed by atoms with Crippen LogP contribution in [-0.2, 0) is 4.79 Å². The third-order valence-electron chi connectivity index (χ3n) is 3.12. The molecule has 1 fully saturated rings. The van der Waals surface area contributed by atoms with Gasteiger partial charge in [-0.05, 0) is 31.9 Å². The van der Waals surface area contributed by atoms with E-state index in [-0.39, 0.29) is 11.7 Å². The standard InChI is InChI=1S/C12H18N2O2S/c1-3-9(8(2)15)12-13-11(14-16-12)10-6-4-5-7-17-10/h9-10H,3-7H2,1-2H3. The van der Waals surface area contributed by atoms with Gasteiger partial charge in [0.25, 0.3) is 0 Å². The number of hydrogen-bond donors (Lipinski definition) is 0. The number of carbonyl (C=O) groups is 1. The van der Waals surface area contributed by atoms with Crippen LogP contribution in [0.15, 0.2) is 4.52 Å². The smallest absolute Gasteiger partial charge is 0.237 e. The molecule has 0 radical (unpaired) electrons. The Bertz CT molecular complexity index is 386. The molecule has 4 nitrogen and oxygen atoms in total. The topological polar surface area (TPSA) is 56.0 Å². The maximum absolute atomic E-state index is 11.4. The molecule has 0 saturated carbocycles. The predicted octanol–water partition coefficient (Wildman–Crippen LogP) is 3.11. The number of aromatic nitrogens is 2. The van der Waals surface area contributed by atoms with Crippen molar-refractivity contribution in [3.05, 3.63) is 11.7 Å². The van der Waals surface area contributed by atoms with Gasteiger partial charge in [0.2, 0.25) is 5.89 Å². The van der Waals surface area contributed by atoms with E-state index in [1.807, 2.05) is 18.7 Å². The normalized spacial score (nSPS) is 22.4. The number of rotatable bonds is 4. The summed E-state index contributed by atoms with van der Waals surface area (Å²) >= 11 is 1.89. The van der Waals surface area contributed by atoms with Crippen LogP contribution in [0.25, 0.3) is 0 Å². The number of ketones is 1. The van der Waals surface area contributed by atoms with E-state index in [4.69, 9.17) is 4.52 Å². The van der Waals surface area contributed by atoms with Gasteiger partial charge in [0.05, 0.1) is 11.2 Å². The Labute approximate surface area is 106 Å². The molecule has 1 aliphatic heterocycles. The van der Waals surface area contributed by atoms with Gasteiger partial charge in [0.15, 0.2) is 5.82 Å². The molecule has 2 unspecified atom stereocenters. The molecule has 0 amide bonds. The molecule has 2 rings (SSSR count). The van der Waals surface area contributed by atoms with Crippen LogP contribution in [0.5, 0.6) is 0 Å². The van der Waals surface area contributed by atoms with E-state index in [9.17, 15) is 4.79 Å². The minimum Gasteiger partial charge on any atom is -0.339 e. The predicted molar refractivity (Wildman–Crippen MR) is 67.1 cm³/mol. The second-order valence-electron chi connectivity index (χ2n) is 4.42. The number of Topliss-reactive ketones (excluding diaryl/α,β-unsaturated/α-hetero) is 1. The van der Waals surface area contributed by atoms with Crippen LogP contribution in [0.3, 0.4) is 0 Å². The van der Waals surface area contributed by atoms with E-state index in [2.05, 4.69) is 10.1 Å². The second-order valence-corrected chi connectivity index (χ2v) is 5.73. The van der Waals surface area contributed by atoms with Crippen molar-refractivity contribution in [3.8, 4) is 0 Å². The van der Waals surface area contributed by atoms with Crippen molar-refractivity contribution in [1.29, 1.82) is 0 Å². The zero-order valence-electron chi connectivity index (χ0n) is 10.3. The highest BCUT2D eigenvalue weighted by Crippen LogP contribution is 2.37. The van der Waals surface area contributed by atoms with Gasteiger partial charge in [-0.15, -0.1) is 0 Å². The van der Waals surface area contributed by atoms with Crippen LogP contribution in [0.4, 0.5) is 0 Å². The molecule has 1 aliphatic rings. The zero-order valence-corrected chi connectivity index (χ0v) is 11.1. The van der Waals surface area contributed by atoms with Crippen molar-refractivity contribution >= 4 is 17.5 Å². The molecule has 17 heavy (non-hydrogen) atoms. The van der Waals surface area contributed by atoms with Crippen LogP contribution < -0.4 is 0 Å². The molecule has 1 saturated heterocycles. The van der Waals surface area contributed by atoms with Gasteiger partial charge < -0.3 is 4.52 Å². The summed E-state index contributed by atoms with van der Waals surface area (Å²) in [5, 5.41) is 4.38. The molecule has 1 aromatic heterocycles. The summed E-state index contributed by atoms with van der Waals surface area (Å²) in [6.07, 6.45) is 4.33. The molecule has 2 heterocycles. The summed E-state index contributed by atoms with van der Waals surface area (Å²) in [6, 6.07) is 0. The van der Waals surface area contributed by atoms with Gasteiger partial charge in [-0.3, -0.25) is 4.79 Å². The Balaban J connectivity index is 2.11. The monoisotopic (exact) mass is 254 g/mol. The van der Waals surface area contributed by atoms with Gasteiger partial charge in [-0.25, -0.2) is 0 Å². The first-order chi connectivity index (χ1) is 8.22. The molecule has 0 aromatic carbocycles. The van der Waals surface area contributed by atoms with E-state index >= 15 is 0 Å². The largest absolute Gasteiger partial charge is 0.339 e. The van der Waals surface area contributed by atoms with E-state index in [1.165, 1.54) is 18.6 Å². The van der Waals surface area contributed by atoms with E-state index in [0.29, 0.717) is 11.1 Å². The first kappa shape index (κ1) is 12.6. The maximum atomic E-state index is 11.4. The Morgan fingerprint density at radius 2 is 2.41 bits per heavy atom. The molecular formula is C12H18N2O2S. The van der Waals surface area contributed by atoms with E-state index in [0.717, 1.165) is 18.7 Å². The van der Waals surface area contributed by atoms with Gasteiger partial charge in [-0.2, -0.15) is 16.7 Å². The van der Waals surface area contributed by atoms with Crippen molar-refractivity contribution in [1.82, 2.24) is 10.1 Å². The van der Waals surface area contributed by atoms with Gasteiger partial charge in [0, 0.05) is 0 Å². The molecule has 1 aromatic rings. The minimum atomic E-state index is -0.232. The van der Waals surface area contributed by atoms with Crippen LogP contribution in [0.2, 0.25) is 0 Å². The highest BCUT2D eigenvalue weighted by Gasteiger charge is 2.25. The Morgan fingerprint density at radius 1 is 1.59 bits per heavy atom. The molecule has 0 aliphatic carbocycles. The number of hydrogen-bond acceptors (Lipinski definition) is 5. The molecule has 5 heteroatoms. The molecule has 94 valence electrons. The van der Waals surface area contributed by atoms with Crippen molar-refractivity contribution in [2.45, 2.75) is 50.7 Å². The van der Waals surface area contributed by atoms with Crippen molar-refractivity contribution < 1.29 is 9.32 Å².